The molecule has 2 aliphatic heterocycles. The summed E-state index contributed by atoms with van der Waals surface area (Å²) in [6, 6.07) is 18.0. The van der Waals surface area contributed by atoms with Gasteiger partial charge in [-0.25, -0.2) is 0 Å². The molecule has 3 aromatic carbocycles. The molecule has 40 heavy (non-hydrogen) atoms. The Hall–Kier alpha value is -4.66. The zero-order chi connectivity index (χ0) is 28.0. The van der Waals surface area contributed by atoms with Gasteiger partial charge in [-0.2, -0.15) is 0 Å². The number of aromatic nitrogens is 1. The molecule has 1 fully saturated rings. The number of benzene rings is 3. The minimum atomic E-state index is -0.674. The second kappa shape index (κ2) is 10.1. The molecule has 0 bridgehead atoms. The number of carbonyl (C=O) groups is 2. The molecular formula is C31H31N3O6. The second-order valence-corrected chi connectivity index (χ2v) is 9.95. The number of amides is 2. The molecule has 1 N–H and O–H groups in total. The van der Waals surface area contributed by atoms with E-state index in [1.807, 2.05) is 60.7 Å². The Kier molecular flexibility index (Phi) is 6.50. The quantitative estimate of drug-likeness (QED) is 0.379. The molecule has 4 aromatic rings. The largest absolute Gasteiger partial charge is 0.496 e. The Balaban J connectivity index is 1.49. The number of carbonyl (C=O) groups excluding carboxylic acids is 2. The van der Waals surface area contributed by atoms with Gasteiger partial charge in [0.1, 0.15) is 18.3 Å². The molecule has 2 amide bonds. The Bertz CT molecular complexity index is 1590. The third-order valence-corrected chi connectivity index (χ3v) is 7.90. The number of piperazine rings is 1. The van der Waals surface area contributed by atoms with Crippen molar-refractivity contribution in [2.75, 3.05) is 35.0 Å². The van der Waals surface area contributed by atoms with E-state index in [4.69, 9.17) is 18.9 Å². The normalized spacial score (nSPS) is 18.4. The van der Waals surface area contributed by atoms with Crippen molar-refractivity contribution in [1.82, 2.24) is 14.8 Å². The third-order valence-electron chi connectivity index (χ3n) is 7.90. The van der Waals surface area contributed by atoms with E-state index in [1.54, 1.807) is 38.2 Å². The van der Waals surface area contributed by atoms with Crippen molar-refractivity contribution in [2.45, 2.75) is 25.0 Å². The number of ether oxygens (including phenoxy) is 4. The summed E-state index contributed by atoms with van der Waals surface area (Å²) in [5.74, 6) is 1.86. The van der Waals surface area contributed by atoms with Gasteiger partial charge in [0, 0.05) is 35.1 Å². The molecule has 0 aliphatic carbocycles. The van der Waals surface area contributed by atoms with Crippen molar-refractivity contribution in [3.63, 3.8) is 0 Å². The van der Waals surface area contributed by atoms with Gasteiger partial charge in [0.25, 0.3) is 0 Å². The van der Waals surface area contributed by atoms with E-state index < -0.39 is 12.1 Å². The number of rotatable bonds is 7. The summed E-state index contributed by atoms with van der Waals surface area (Å²) in [7, 11) is 6.27. The van der Waals surface area contributed by atoms with Crippen molar-refractivity contribution in [1.29, 1.82) is 0 Å². The summed E-state index contributed by atoms with van der Waals surface area (Å²) in [6.07, 6.45) is 0.410. The molecule has 0 spiro atoms. The molecular weight excluding hydrogens is 510 g/mol. The van der Waals surface area contributed by atoms with Gasteiger partial charge in [-0.3, -0.25) is 9.59 Å². The zero-order valence-corrected chi connectivity index (χ0v) is 22.9. The summed E-state index contributed by atoms with van der Waals surface area (Å²) in [5.41, 5.74) is 4.47. The van der Waals surface area contributed by atoms with Gasteiger partial charge in [0.15, 0.2) is 11.5 Å². The standard InChI is InChI=1S/C31H31N3O6/c1-37-24-12-8-5-9-18(24)16-33-17-27(35)34-23(31(33)36)15-21-20-10-6-7-11-22(20)32-28(21)29(34)19-13-25(38-2)30(40-4)26(14-19)39-3/h5-14,23,29,32H,15-17H2,1-4H3/t23-,29-/m0/s1. The molecule has 0 radical (unpaired) electrons. The first kappa shape index (κ1) is 25.6. The van der Waals surface area contributed by atoms with Crippen LogP contribution in [0.15, 0.2) is 60.7 Å². The van der Waals surface area contributed by atoms with Crippen LogP contribution in [0.3, 0.4) is 0 Å². The lowest BCUT2D eigenvalue weighted by atomic mass is 9.86. The lowest BCUT2D eigenvalue weighted by molar-refractivity contribution is -0.159. The first-order chi connectivity index (χ1) is 19.5. The summed E-state index contributed by atoms with van der Waals surface area (Å²) in [6.45, 7) is 0.248. The Labute approximate surface area is 232 Å². The highest BCUT2D eigenvalue weighted by molar-refractivity contribution is 5.97. The van der Waals surface area contributed by atoms with E-state index in [1.165, 1.54) is 0 Å². The van der Waals surface area contributed by atoms with Crippen LogP contribution in [0.25, 0.3) is 10.9 Å². The average Bonchev–Trinajstić information content (AvgIpc) is 3.36. The monoisotopic (exact) mass is 541 g/mol. The summed E-state index contributed by atoms with van der Waals surface area (Å²) in [5, 5.41) is 1.04. The van der Waals surface area contributed by atoms with Crippen LogP contribution in [0.1, 0.15) is 28.4 Å². The highest BCUT2D eigenvalue weighted by Gasteiger charge is 2.48. The van der Waals surface area contributed by atoms with Crippen LogP contribution in [0.2, 0.25) is 0 Å². The number of nitrogens with one attached hydrogen (secondary N) is 1. The highest BCUT2D eigenvalue weighted by atomic mass is 16.5. The van der Waals surface area contributed by atoms with Gasteiger partial charge < -0.3 is 33.7 Å². The number of fused-ring (bicyclic) bond motifs is 4. The van der Waals surface area contributed by atoms with Gasteiger partial charge >= 0.3 is 0 Å². The van der Waals surface area contributed by atoms with Crippen LogP contribution in [0, 0.1) is 0 Å². The topological polar surface area (TPSA) is 93.3 Å². The maximum absolute atomic E-state index is 14.1. The maximum atomic E-state index is 14.1. The average molecular weight is 542 g/mol. The van der Waals surface area contributed by atoms with Crippen molar-refractivity contribution in [2.24, 2.45) is 0 Å². The van der Waals surface area contributed by atoms with Crippen LogP contribution in [-0.2, 0) is 22.6 Å². The van der Waals surface area contributed by atoms with Crippen molar-refractivity contribution < 1.29 is 28.5 Å². The first-order valence-electron chi connectivity index (χ1n) is 13.1. The van der Waals surface area contributed by atoms with E-state index in [9.17, 15) is 9.59 Å². The van der Waals surface area contributed by atoms with Gasteiger partial charge in [0.05, 0.1) is 34.5 Å². The number of hydrogen-bond acceptors (Lipinski definition) is 6. The Morgan fingerprint density at radius 3 is 2.23 bits per heavy atom. The van der Waals surface area contributed by atoms with Gasteiger partial charge in [-0.15, -0.1) is 0 Å². The number of hydrogen-bond donors (Lipinski definition) is 1. The predicted molar refractivity (Wildman–Crippen MR) is 149 cm³/mol. The van der Waals surface area contributed by atoms with E-state index in [-0.39, 0.29) is 24.9 Å². The molecule has 9 heteroatoms. The number of para-hydroxylation sites is 2. The fraction of sp³-hybridized carbons (Fsp3) is 0.290. The van der Waals surface area contributed by atoms with E-state index in [2.05, 4.69) is 4.98 Å². The van der Waals surface area contributed by atoms with Crippen molar-refractivity contribution in [3.05, 3.63) is 83.0 Å². The third kappa shape index (κ3) is 4.00. The molecule has 3 heterocycles. The molecule has 1 saturated heterocycles. The maximum Gasteiger partial charge on any atom is 0.246 e. The van der Waals surface area contributed by atoms with Crippen LogP contribution in [0.5, 0.6) is 23.0 Å². The van der Waals surface area contributed by atoms with E-state index in [0.29, 0.717) is 29.4 Å². The Morgan fingerprint density at radius 1 is 0.850 bits per heavy atom. The predicted octanol–water partition coefficient (Wildman–Crippen LogP) is 4.09. The van der Waals surface area contributed by atoms with Gasteiger partial charge in [-0.05, 0) is 35.4 Å². The molecule has 0 saturated carbocycles. The van der Waals surface area contributed by atoms with Crippen LogP contribution in [-0.4, -0.2) is 67.6 Å². The zero-order valence-electron chi connectivity index (χ0n) is 22.9. The molecule has 2 aliphatic rings. The van der Waals surface area contributed by atoms with E-state index in [0.717, 1.165) is 33.3 Å². The molecule has 9 nitrogen and oxygen atoms in total. The smallest absolute Gasteiger partial charge is 0.246 e. The summed E-state index contributed by atoms with van der Waals surface area (Å²) >= 11 is 0. The number of methoxy groups -OCH3 is 4. The van der Waals surface area contributed by atoms with Crippen LogP contribution >= 0.6 is 0 Å². The van der Waals surface area contributed by atoms with Crippen LogP contribution in [0.4, 0.5) is 0 Å². The fourth-order valence-corrected chi connectivity index (χ4v) is 6.10. The molecule has 206 valence electrons. The fourth-order valence-electron chi connectivity index (χ4n) is 6.10. The number of H-pyrrole nitrogens is 1. The molecule has 1 aromatic heterocycles. The molecule has 6 rings (SSSR count). The van der Waals surface area contributed by atoms with Gasteiger partial charge in [-0.1, -0.05) is 36.4 Å². The van der Waals surface area contributed by atoms with Gasteiger partial charge in [0.2, 0.25) is 17.6 Å². The molecule has 2 atom stereocenters. The van der Waals surface area contributed by atoms with Crippen molar-refractivity contribution >= 4 is 22.7 Å². The lowest BCUT2D eigenvalue weighted by Gasteiger charge is -2.47. The number of nitrogens with zero attached hydrogens (tertiary/aromatic N) is 2. The second-order valence-electron chi connectivity index (χ2n) is 9.95. The highest BCUT2D eigenvalue weighted by Crippen LogP contribution is 2.47. The van der Waals surface area contributed by atoms with E-state index >= 15 is 0 Å². The van der Waals surface area contributed by atoms with Crippen molar-refractivity contribution in [3.8, 4) is 23.0 Å². The van der Waals surface area contributed by atoms with Crippen LogP contribution < -0.4 is 18.9 Å². The number of aromatic amines is 1. The first-order valence-corrected chi connectivity index (χ1v) is 13.1. The lowest BCUT2D eigenvalue weighted by Crippen LogP contribution is -2.62. The SMILES string of the molecule is COc1ccccc1CN1CC(=O)N2[C@@H](c3cc(OC)c(OC)c(OC)c3)c3[nH]c4ccccc4c3C[C@H]2C1=O. The Morgan fingerprint density at radius 2 is 1.52 bits per heavy atom. The molecule has 0 unspecified atom stereocenters. The summed E-state index contributed by atoms with van der Waals surface area (Å²) < 4.78 is 22.3. The minimum Gasteiger partial charge on any atom is -0.496 e. The summed E-state index contributed by atoms with van der Waals surface area (Å²) in [4.78, 5) is 35.0. The minimum absolute atomic E-state index is 0.0378.